The lowest BCUT2D eigenvalue weighted by Crippen LogP contribution is -2.21. The Morgan fingerprint density at radius 3 is 2.53 bits per heavy atom. The molecule has 1 unspecified atom stereocenters. The van der Waals surface area contributed by atoms with Crippen LogP contribution in [0.25, 0.3) is 0 Å². The van der Waals surface area contributed by atoms with Gasteiger partial charge in [-0.05, 0) is 19.4 Å². The molecule has 1 aromatic rings. The Morgan fingerprint density at radius 2 is 2.00 bits per heavy atom. The first kappa shape index (κ1) is 13.9. The molecular weight excluding hydrogens is 214 g/mol. The molecule has 0 aliphatic carbocycles. The van der Waals surface area contributed by atoms with Gasteiger partial charge in [-0.25, -0.2) is 9.97 Å². The highest BCUT2D eigenvalue weighted by molar-refractivity contribution is 5.16. The summed E-state index contributed by atoms with van der Waals surface area (Å²) in [5.74, 6) is 1.35. The predicted octanol–water partition coefficient (Wildman–Crippen LogP) is 2.57. The molecule has 1 aromatic heterocycles. The zero-order valence-electron chi connectivity index (χ0n) is 11.2. The summed E-state index contributed by atoms with van der Waals surface area (Å²) in [7, 11) is 3.60. The average molecular weight is 237 g/mol. The number of methoxy groups -OCH3 is 1. The Hall–Kier alpha value is -1.16. The molecule has 0 saturated heterocycles. The van der Waals surface area contributed by atoms with Crippen molar-refractivity contribution in [1.29, 1.82) is 0 Å². The standard InChI is InChI=1S/C13H23N3O/c1-5-10(6-2)7-11(14-3)12-8-13(17-4)16-9-15-12/h8-11,14H,5-7H2,1-4H3. The lowest BCUT2D eigenvalue weighted by atomic mass is 9.93. The van der Waals surface area contributed by atoms with E-state index in [4.69, 9.17) is 4.74 Å². The summed E-state index contributed by atoms with van der Waals surface area (Å²) in [4.78, 5) is 8.36. The topological polar surface area (TPSA) is 47.0 Å². The Morgan fingerprint density at radius 1 is 1.29 bits per heavy atom. The van der Waals surface area contributed by atoms with Gasteiger partial charge in [-0.3, -0.25) is 0 Å². The number of aromatic nitrogens is 2. The van der Waals surface area contributed by atoms with Crippen molar-refractivity contribution in [2.75, 3.05) is 14.2 Å². The third-order valence-corrected chi connectivity index (χ3v) is 3.30. The van der Waals surface area contributed by atoms with Crippen molar-refractivity contribution in [2.24, 2.45) is 5.92 Å². The van der Waals surface area contributed by atoms with Gasteiger partial charge in [0.25, 0.3) is 0 Å². The zero-order chi connectivity index (χ0) is 12.7. The van der Waals surface area contributed by atoms with Crippen molar-refractivity contribution in [1.82, 2.24) is 15.3 Å². The molecule has 4 heteroatoms. The minimum Gasteiger partial charge on any atom is -0.481 e. The molecule has 0 saturated carbocycles. The third-order valence-electron chi connectivity index (χ3n) is 3.30. The predicted molar refractivity (Wildman–Crippen MR) is 69.1 cm³/mol. The number of hydrogen-bond donors (Lipinski definition) is 1. The van der Waals surface area contributed by atoms with Crippen molar-refractivity contribution in [2.45, 2.75) is 39.2 Å². The Balaban J connectivity index is 2.77. The molecule has 1 N–H and O–H groups in total. The Kier molecular flexibility index (Phi) is 5.91. The van der Waals surface area contributed by atoms with Crippen LogP contribution in [0.3, 0.4) is 0 Å². The molecule has 1 rings (SSSR count). The van der Waals surface area contributed by atoms with Crippen molar-refractivity contribution < 1.29 is 4.74 Å². The average Bonchev–Trinajstić information content (AvgIpc) is 2.40. The second-order valence-electron chi connectivity index (χ2n) is 4.24. The van der Waals surface area contributed by atoms with Gasteiger partial charge in [0.15, 0.2) is 0 Å². The van der Waals surface area contributed by atoms with Gasteiger partial charge in [0.2, 0.25) is 5.88 Å². The summed E-state index contributed by atoms with van der Waals surface area (Å²) in [6.07, 6.45) is 5.07. The van der Waals surface area contributed by atoms with Gasteiger partial charge >= 0.3 is 0 Å². The molecule has 0 aliphatic rings. The van der Waals surface area contributed by atoms with E-state index in [0.717, 1.165) is 18.0 Å². The van der Waals surface area contributed by atoms with Gasteiger partial charge in [-0.1, -0.05) is 26.7 Å². The van der Waals surface area contributed by atoms with E-state index in [2.05, 4.69) is 29.1 Å². The molecule has 1 atom stereocenters. The van der Waals surface area contributed by atoms with Gasteiger partial charge in [0, 0.05) is 12.1 Å². The lowest BCUT2D eigenvalue weighted by molar-refractivity contribution is 0.372. The van der Waals surface area contributed by atoms with Crippen LogP contribution in [0.5, 0.6) is 5.88 Å². The van der Waals surface area contributed by atoms with Crippen molar-refractivity contribution in [3.63, 3.8) is 0 Å². The van der Waals surface area contributed by atoms with E-state index in [0.29, 0.717) is 5.88 Å². The van der Waals surface area contributed by atoms with E-state index in [9.17, 15) is 0 Å². The Bertz CT molecular complexity index is 326. The van der Waals surface area contributed by atoms with Crippen LogP contribution >= 0.6 is 0 Å². The first-order valence-electron chi connectivity index (χ1n) is 6.28. The summed E-state index contributed by atoms with van der Waals surface area (Å²) in [6, 6.07) is 2.18. The van der Waals surface area contributed by atoms with Crippen LogP contribution in [0.4, 0.5) is 0 Å². The van der Waals surface area contributed by atoms with E-state index in [1.807, 2.05) is 13.1 Å². The second kappa shape index (κ2) is 7.22. The normalized spacial score (nSPS) is 12.8. The quantitative estimate of drug-likeness (QED) is 0.791. The lowest BCUT2D eigenvalue weighted by Gasteiger charge is -2.21. The highest BCUT2D eigenvalue weighted by Crippen LogP contribution is 2.24. The maximum atomic E-state index is 5.13. The molecule has 0 fully saturated rings. The molecule has 0 amide bonds. The van der Waals surface area contributed by atoms with Gasteiger partial charge in [-0.2, -0.15) is 0 Å². The minimum atomic E-state index is 0.275. The number of ether oxygens (including phenoxy) is 1. The van der Waals surface area contributed by atoms with E-state index in [-0.39, 0.29) is 6.04 Å². The van der Waals surface area contributed by atoms with Gasteiger partial charge in [-0.15, -0.1) is 0 Å². The molecule has 96 valence electrons. The maximum absolute atomic E-state index is 5.13. The summed E-state index contributed by atoms with van der Waals surface area (Å²) >= 11 is 0. The zero-order valence-corrected chi connectivity index (χ0v) is 11.2. The smallest absolute Gasteiger partial charge is 0.216 e. The Labute approximate surface area is 104 Å². The van der Waals surface area contributed by atoms with Crippen LogP contribution in [0.1, 0.15) is 44.8 Å². The van der Waals surface area contributed by atoms with Gasteiger partial charge < -0.3 is 10.1 Å². The third kappa shape index (κ3) is 3.97. The highest BCUT2D eigenvalue weighted by Gasteiger charge is 2.16. The number of nitrogens with one attached hydrogen (secondary N) is 1. The van der Waals surface area contributed by atoms with Crippen LogP contribution in [-0.2, 0) is 0 Å². The fourth-order valence-electron chi connectivity index (χ4n) is 2.00. The molecule has 0 aromatic carbocycles. The largest absolute Gasteiger partial charge is 0.481 e. The summed E-state index contributed by atoms with van der Waals surface area (Å²) in [5.41, 5.74) is 1.01. The van der Waals surface area contributed by atoms with Gasteiger partial charge in [0.1, 0.15) is 6.33 Å². The maximum Gasteiger partial charge on any atom is 0.216 e. The second-order valence-corrected chi connectivity index (χ2v) is 4.24. The van der Waals surface area contributed by atoms with E-state index >= 15 is 0 Å². The molecule has 0 spiro atoms. The monoisotopic (exact) mass is 237 g/mol. The van der Waals surface area contributed by atoms with Crippen LogP contribution in [0.2, 0.25) is 0 Å². The molecule has 0 bridgehead atoms. The van der Waals surface area contributed by atoms with E-state index in [1.165, 1.54) is 12.8 Å². The van der Waals surface area contributed by atoms with Crippen molar-refractivity contribution in [3.05, 3.63) is 18.1 Å². The fourth-order valence-corrected chi connectivity index (χ4v) is 2.00. The van der Waals surface area contributed by atoms with Gasteiger partial charge in [0.05, 0.1) is 12.8 Å². The SMILES string of the molecule is CCC(CC)CC(NC)c1cc(OC)ncn1. The van der Waals surface area contributed by atoms with Crippen LogP contribution in [-0.4, -0.2) is 24.1 Å². The van der Waals surface area contributed by atoms with E-state index in [1.54, 1.807) is 13.4 Å². The van der Waals surface area contributed by atoms with Crippen molar-refractivity contribution >= 4 is 0 Å². The fraction of sp³-hybridized carbons (Fsp3) is 0.692. The summed E-state index contributed by atoms with van der Waals surface area (Å²) in [5, 5.41) is 3.32. The summed E-state index contributed by atoms with van der Waals surface area (Å²) in [6.45, 7) is 4.48. The number of rotatable bonds is 7. The number of nitrogens with zero attached hydrogens (tertiary/aromatic N) is 2. The molecule has 1 heterocycles. The molecule has 0 aliphatic heterocycles. The molecule has 17 heavy (non-hydrogen) atoms. The first-order chi connectivity index (χ1) is 8.24. The molecule has 0 radical (unpaired) electrons. The van der Waals surface area contributed by atoms with Crippen LogP contribution in [0, 0.1) is 5.92 Å². The van der Waals surface area contributed by atoms with E-state index < -0.39 is 0 Å². The van der Waals surface area contributed by atoms with Crippen LogP contribution < -0.4 is 10.1 Å². The van der Waals surface area contributed by atoms with Crippen molar-refractivity contribution in [3.8, 4) is 5.88 Å². The molecular formula is C13H23N3O. The highest BCUT2D eigenvalue weighted by atomic mass is 16.5. The minimum absolute atomic E-state index is 0.275. The first-order valence-corrected chi connectivity index (χ1v) is 6.28. The number of hydrogen-bond acceptors (Lipinski definition) is 4. The summed E-state index contributed by atoms with van der Waals surface area (Å²) < 4.78 is 5.13. The molecule has 4 nitrogen and oxygen atoms in total. The van der Waals surface area contributed by atoms with Crippen LogP contribution in [0.15, 0.2) is 12.4 Å².